The van der Waals surface area contributed by atoms with Crippen LogP contribution in [-0.2, 0) is 11.3 Å². The van der Waals surface area contributed by atoms with Gasteiger partial charge in [-0.05, 0) is 66.6 Å². The number of hydrogen-bond donors (Lipinski definition) is 1. The molecule has 3 aromatic carbocycles. The minimum Gasteiger partial charge on any atom is -0.449 e. The second-order valence-corrected chi connectivity index (χ2v) is 10.4. The molecule has 1 aliphatic carbocycles. The van der Waals surface area contributed by atoms with Gasteiger partial charge in [-0.25, -0.2) is 0 Å². The number of amides is 2. The summed E-state index contributed by atoms with van der Waals surface area (Å²) in [5, 5.41) is 3.23. The SMILES string of the molecule is Cc1ccc(CN2C(=O)/C(=C\c3ccc(C(=O)N[C@@H]4CCC[C@@H](C)[C@H]4C)cc3)Oc3ccccc32)cc1. The van der Waals surface area contributed by atoms with E-state index in [1.807, 2.05) is 67.6 Å². The van der Waals surface area contributed by atoms with Crippen LogP contribution >= 0.6 is 0 Å². The number of rotatable bonds is 5. The van der Waals surface area contributed by atoms with E-state index in [4.69, 9.17) is 4.74 Å². The molecule has 2 aliphatic rings. The van der Waals surface area contributed by atoms with Crippen LogP contribution in [0, 0.1) is 18.8 Å². The summed E-state index contributed by atoms with van der Waals surface area (Å²) in [6.45, 7) is 6.99. The van der Waals surface area contributed by atoms with Crippen LogP contribution in [0.1, 0.15) is 60.2 Å². The largest absolute Gasteiger partial charge is 0.449 e. The zero-order chi connectivity index (χ0) is 25.9. The maximum atomic E-state index is 13.5. The van der Waals surface area contributed by atoms with Crippen molar-refractivity contribution in [3.8, 4) is 5.75 Å². The molecule has 0 bridgehead atoms. The monoisotopic (exact) mass is 494 g/mol. The van der Waals surface area contributed by atoms with Crippen molar-refractivity contribution in [2.45, 2.75) is 52.6 Å². The molecular formula is C32H34N2O3. The molecule has 5 nitrogen and oxygen atoms in total. The minimum absolute atomic E-state index is 0.0478. The van der Waals surface area contributed by atoms with E-state index in [1.54, 1.807) is 11.0 Å². The third kappa shape index (κ3) is 5.46. The molecule has 5 heteroatoms. The van der Waals surface area contributed by atoms with Gasteiger partial charge in [0.05, 0.1) is 12.2 Å². The standard InChI is InChI=1S/C32H34N2O3/c1-21-11-13-25(14-12-21)20-34-28-9-4-5-10-29(28)37-30(32(34)36)19-24-15-17-26(18-16-24)31(35)33-27-8-6-7-22(2)23(27)3/h4-5,9-19,22-23,27H,6-8,20H2,1-3H3,(H,33,35)/b30-19+/t22-,23-,27-/m1/s1. The summed E-state index contributed by atoms with van der Waals surface area (Å²) in [6, 6.07) is 23.3. The smallest absolute Gasteiger partial charge is 0.294 e. The van der Waals surface area contributed by atoms with Gasteiger partial charge in [0.2, 0.25) is 0 Å². The third-order valence-corrected chi connectivity index (χ3v) is 7.79. The lowest BCUT2D eigenvalue weighted by atomic mass is 9.78. The number of hydrogen-bond acceptors (Lipinski definition) is 3. The summed E-state index contributed by atoms with van der Waals surface area (Å²) in [5.41, 5.74) is 4.40. The van der Waals surface area contributed by atoms with Crippen molar-refractivity contribution in [2.24, 2.45) is 11.8 Å². The second kappa shape index (κ2) is 10.6. The zero-order valence-electron chi connectivity index (χ0n) is 21.7. The molecule has 5 rings (SSSR count). The lowest BCUT2D eigenvalue weighted by molar-refractivity contribution is -0.117. The Morgan fingerprint density at radius 2 is 1.73 bits per heavy atom. The Kier molecular flexibility index (Phi) is 7.13. The molecule has 0 aromatic heterocycles. The predicted octanol–water partition coefficient (Wildman–Crippen LogP) is 6.52. The van der Waals surface area contributed by atoms with Crippen molar-refractivity contribution in [3.63, 3.8) is 0 Å². The number of para-hydroxylation sites is 2. The van der Waals surface area contributed by atoms with Crippen LogP contribution in [0.15, 0.2) is 78.6 Å². The van der Waals surface area contributed by atoms with Crippen LogP contribution in [0.25, 0.3) is 6.08 Å². The highest BCUT2D eigenvalue weighted by Gasteiger charge is 2.31. The molecule has 0 radical (unpaired) electrons. The van der Waals surface area contributed by atoms with E-state index in [0.29, 0.717) is 29.7 Å². The first-order valence-corrected chi connectivity index (χ1v) is 13.2. The van der Waals surface area contributed by atoms with Crippen LogP contribution in [0.3, 0.4) is 0 Å². The molecule has 1 saturated carbocycles. The zero-order valence-corrected chi connectivity index (χ0v) is 21.7. The highest BCUT2D eigenvalue weighted by Crippen LogP contribution is 2.36. The number of carbonyl (C=O) groups excluding carboxylic acids is 2. The van der Waals surface area contributed by atoms with Crippen molar-refractivity contribution in [3.05, 3.63) is 101 Å². The van der Waals surface area contributed by atoms with E-state index >= 15 is 0 Å². The fraction of sp³-hybridized carbons (Fsp3) is 0.312. The molecule has 1 N–H and O–H groups in total. The Hall–Kier alpha value is -3.86. The topological polar surface area (TPSA) is 58.6 Å². The number of carbonyl (C=O) groups is 2. The Bertz CT molecular complexity index is 1310. The fourth-order valence-electron chi connectivity index (χ4n) is 5.21. The van der Waals surface area contributed by atoms with E-state index in [-0.39, 0.29) is 23.6 Å². The van der Waals surface area contributed by atoms with Crippen LogP contribution in [0.2, 0.25) is 0 Å². The summed E-state index contributed by atoms with van der Waals surface area (Å²) in [7, 11) is 0. The van der Waals surface area contributed by atoms with Gasteiger partial charge >= 0.3 is 0 Å². The van der Waals surface area contributed by atoms with Crippen molar-refractivity contribution in [1.29, 1.82) is 0 Å². The van der Waals surface area contributed by atoms with Crippen LogP contribution < -0.4 is 15.0 Å². The van der Waals surface area contributed by atoms with Gasteiger partial charge in [0.25, 0.3) is 11.8 Å². The van der Waals surface area contributed by atoms with Crippen molar-refractivity contribution < 1.29 is 14.3 Å². The molecule has 0 saturated heterocycles. The number of nitrogens with one attached hydrogen (secondary N) is 1. The van der Waals surface area contributed by atoms with Gasteiger partial charge in [0.15, 0.2) is 11.5 Å². The number of benzene rings is 3. The Balaban J connectivity index is 1.34. The van der Waals surface area contributed by atoms with Gasteiger partial charge < -0.3 is 10.1 Å². The molecule has 3 aromatic rings. The molecule has 190 valence electrons. The normalized spacial score (nSPS) is 22.4. The van der Waals surface area contributed by atoms with Crippen LogP contribution in [0.4, 0.5) is 5.69 Å². The van der Waals surface area contributed by atoms with Gasteiger partial charge in [-0.2, -0.15) is 0 Å². The third-order valence-electron chi connectivity index (χ3n) is 7.79. The van der Waals surface area contributed by atoms with Crippen LogP contribution in [-0.4, -0.2) is 17.9 Å². The van der Waals surface area contributed by atoms with Gasteiger partial charge in [-0.1, -0.05) is 80.8 Å². The lowest BCUT2D eigenvalue weighted by Gasteiger charge is -2.34. The first kappa shape index (κ1) is 24.8. The van der Waals surface area contributed by atoms with Crippen molar-refractivity contribution in [2.75, 3.05) is 4.90 Å². The van der Waals surface area contributed by atoms with Crippen molar-refractivity contribution in [1.82, 2.24) is 5.32 Å². The first-order chi connectivity index (χ1) is 17.9. The Labute approximate surface area is 219 Å². The van der Waals surface area contributed by atoms with E-state index in [0.717, 1.165) is 29.7 Å². The summed E-state index contributed by atoms with van der Waals surface area (Å²) in [5.74, 6) is 1.76. The van der Waals surface area contributed by atoms with Gasteiger partial charge in [-0.15, -0.1) is 0 Å². The summed E-state index contributed by atoms with van der Waals surface area (Å²) in [6.07, 6.45) is 5.15. The molecular weight excluding hydrogens is 460 g/mol. The molecule has 37 heavy (non-hydrogen) atoms. The summed E-state index contributed by atoms with van der Waals surface area (Å²) >= 11 is 0. The van der Waals surface area contributed by atoms with Crippen LogP contribution in [0.5, 0.6) is 5.75 Å². The van der Waals surface area contributed by atoms with E-state index in [2.05, 4.69) is 31.3 Å². The maximum absolute atomic E-state index is 13.5. The number of ether oxygens (including phenoxy) is 1. The molecule has 3 atom stereocenters. The molecule has 0 unspecified atom stereocenters. The number of fused-ring (bicyclic) bond motifs is 1. The highest BCUT2D eigenvalue weighted by atomic mass is 16.5. The fourth-order valence-corrected chi connectivity index (χ4v) is 5.21. The minimum atomic E-state index is -0.193. The van der Waals surface area contributed by atoms with Gasteiger partial charge in [0.1, 0.15) is 0 Å². The lowest BCUT2D eigenvalue weighted by Crippen LogP contribution is -2.43. The Morgan fingerprint density at radius 1 is 1.00 bits per heavy atom. The maximum Gasteiger partial charge on any atom is 0.294 e. The van der Waals surface area contributed by atoms with E-state index < -0.39 is 0 Å². The number of anilines is 1. The average Bonchev–Trinajstić information content (AvgIpc) is 2.90. The van der Waals surface area contributed by atoms with Gasteiger partial charge in [-0.3, -0.25) is 14.5 Å². The number of aryl methyl sites for hydroxylation is 1. The van der Waals surface area contributed by atoms with Crippen molar-refractivity contribution >= 4 is 23.6 Å². The molecule has 1 heterocycles. The van der Waals surface area contributed by atoms with Gasteiger partial charge in [0, 0.05) is 11.6 Å². The highest BCUT2D eigenvalue weighted by molar-refractivity contribution is 6.09. The first-order valence-electron chi connectivity index (χ1n) is 13.2. The van der Waals surface area contributed by atoms with E-state index in [1.165, 1.54) is 12.0 Å². The summed E-state index contributed by atoms with van der Waals surface area (Å²) in [4.78, 5) is 28.1. The molecule has 1 aliphatic heterocycles. The quantitative estimate of drug-likeness (QED) is 0.411. The molecule has 0 spiro atoms. The second-order valence-electron chi connectivity index (χ2n) is 10.4. The Morgan fingerprint density at radius 3 is 2.49 bits per heavy atom. The predicted molar refractivity (Wildman–Crippen MR) is 147 cm³/mol. The molecule has 1 fully saturated rings. The summed E-state index contributed by atoms with van der Waals surface area (Å²) < 4.78 is 6.03. The average molecular weight is 495 g/mol. The number of nitrogens with zero attached hydrogens (tertiary/aromatic N) is 1. The van der Waals surface area contributed by atoms with E-state index in [9.17, 15) is 9.59 Å². The molecule has 2 amide bonds.